The fourth-order valence-corrected chi connectivity index (χ4v) is 1.81. The molecule has 0 N–H and O–H groups in total. The van der Waals surface area contributed by atoms with Gasteiger partial charge in [0.15, 0.2) is 5.78 Å². The fraction of sp³-hybridized carbons (Fsp3) is 0.300. The lowest BCUT2D eigenvalue weighted by Crippen LogP contribution is -1.97. The van der Waals surface area contributed by atoms with Gasteiger partial charge in [0.1, 0.15) is 0 Å². The summed E-state index contributed by atoms with van der Waals surface area (Å²) in [4.78, 5) is 11.8. The highest BCUT2D eigenvalue weighted by molar-refractivity contribution is 7.84. The predicted octanol–water partition coefficient (Wildman–Crippen LogP) is 1.94. The van der Waals surface area contributed by atoms with Crippen molar-refractivity contribution >= 4 is 16.6 Å². The van der Waals surface area contributed by atoms with Gasteiger partial charge in [0.2, 0.25) is 0 Å². The number of hydrogen-bond acceptors (Lipinski definition) is 2. The van der Waals surface area contributed by atoms with Crippen LogP contribution in [0.5, 0.6) is 0 Å². The van der Waals surface area contributed by atoms with Crippen LogP contribution in [0.3, 0.4) is 0 Å². The fourth-order valence-electron chi connectivity index (χ4n) is 1.21. The quantitative estimate of drug-likeness (QED) is 0.677. The first-order valence-corrected chi connectivity index (χ1v) is 5.53. The molecule has 13 heavy (non-hydrogen) atoms. The number of carbonyl (C=O) groups is 1. The minimum atomic E-state index is -0.972. The van der Waals surface area contributed by atoms with E-state index in [2.05, 4.69) is 0 Å². The van der Waals surface area contributed by atoms with Gasteiger partial charge in [-0.2, -0.15) is 0 Å². The van der Waals surface area contributed by atoms with Crippen molar-refractivity contribution < 1.29 is 9.00 Å². The highest BCUT2D eigenvalue weighted by atomic mass is 32.2. The summed E-state index contributed by atoms with van der Waals surface area (Å²) in [6, 6.07) is 5.26. The maximum absolute atomic E-state index is 11.1. The SMILES string of the molecule is CC(=O)c1ccc(S(C)=O)cc1C. The van der Waals surface area contributed by atoms with Crippen molar-refractivity contribution in [2.45, 2.75) is 18.7 Å². The van der Waals surface area contributed by atoms with Gasteiger partial charge < -0.3 is 0 Å². The molecule has 1 aromatic carbocycles. The number of Topliss-reactive ketones (excluding diaryl/α,β-unsaturated/α-hetero) is 1. The molecular formula is C10H12O2S. The van der Waals surface area contributed by atoms with Crippen LogP contribution >= 0.6 is 0 Å². The van der Waals surface area contributed by atoms with E-state index in [9.17, 15) is 9.00 Å². The number of benzene rings is 1. The Labute approximate surface area is 80.4 Å². The molecule has 0 aliphatic heterocycles. The van der Waals surface area contributed by atoms with Gasteiger partial charge in [-0.3, -0.25) is 9.00 Å². The lowest BCUT2D eigenvalue weighted by molar-refractivity contribution is 0.101. The Morgan fingerprint density at radius 2 is 2.00 bits per heavy atom. The van der Waals surface area contributed by atoms with Crippen LogP contribution in [0.15, 0.2) is 23.1 Å². The number of carbonyl (C=O) groups excluding carboxylic acids is 1. The third kappa shape index (κ3) is 2.25. The van der Waals surface area contributed by atoms with Gasteiger partial charge in [-0.1, -0.05) is 0 Å². The van der Waals surface area contributed by atoms with E-state index in [4.69, 9.17) is 0 Å². The van der Waals surface area contributed by atoms with Crippen molar-refractivity contribution in [2.24, 2.45) is 0 Å². The van der Waals surface area contributed by atoms with Crippen LogP contribution in [0.4, 0.5) is 0 Å². The smallest absolute Gasteiger partial charge is 0.160 e. The Morgan fingerprint density at radius 1 is 1.38 bits per heavy atom. The van der Waals surface area contributed by atoms with Gasteiger partial charge in [-0.05, 0) is 37.6 Å². The second-order valence-electron chi connectivity index (χ2n) is 2.99. The highest BCUT2D eigenvalue weighted by Gasteiger charge is 2.05. The van der Waals surface area contributed by atoms with Gasteiger partial charge >= 0.3 is 0 Å². The van der Waals surface area contributed by atoms with E-state index in [1.807, 2.05) is 6.92 Å². The van der Waals surface area contributed by atoms with Crippen molar-refractivity contribution in [3.8, 4) is 0 Å². The van der Waals surface area contributed by atoms with Gasteiger partial charge in [0.25, 0.3) is 0 Å². The number of hydrogen-bond donors (Lipinski definition) is 0. The number of aryl methyl sites for hydroxylation is 1. The van der Waals surface area contributed by atoms with E-state index in [0.29, 0.717) is 5.56 Å². The number of ketones is 1. The van der Waals surface area contributed by atoms with Crippen LogP contribution in [-0.2, 0) is 10.8 Å². The van der Waals surface area contributed by atoms with Crippen LogP contribution in [0.2, 0.25) is 0 Å². The first-order valence-electron chi connectivity index (χ1n) is 3.97. The molecule has 0 amide bonds. The molecule has 1 atom stereocenters. The topological polar surface area (TPSA) is 34.1 Å². The van der Waals surface area contributed by atoms with Crippen molar-refractivity contribution in [3.63, 3.8) is 0 Å². The zero-order valence-corrected chi connectivity index (χ0v) is 8.77. The van der Waals surface area contributed by atoms with Gasteiger partial charge in [-0.15, -0.1) is 0 Å². The molecule has 0 fully saturated rings. The normalized spacial score (nSPS) is 12.5. The van der Waals surface area contributed by atoms with Crippen molar-refractivity contribution in [1.29, 1.82) is 0 Å². The van der Waals surface area contributed by atoms with E-state index in [0.717, 1.165) is 10.5 Å². The average Bonchev–Trinajstić information content (AvgIpc) is 2.03. The van der Waals surface area contributed by atoms with Crippen LogP contribution < -0.4 is 0 Å². The molecular weight excluding hydrogens is 184 g/mol. The summed E-state index contributed by atoms with van der Waals surface area (Å²) in [5, 5.41) is 0. The van der Waals surface area contributed by atoms with E-state index in [1.165, 1.54) is 6.92 Å². The molecule has 1 rings (SSSR count). The third-order valence-electron chi connectivity index (χ3n) is 1.91. The molecule has 0 heterocycles. The zero-order chi connectivity index (χ0) is 10.0. The monoisotopic (exact) mass is 196 g/mol. The Morgan fingerprint density at radius 3 is 2.38 bits per heavy atom. The van der Waals surface area contributed by atoms with Gasteiger partial charge in [-0.25, -0.2) is 0 Å². The van der Waals surface area contributed by atoms with E-state index >= 15 is 0 Å². The summed E-state index contributed by atoms with van der Waals surface area (Å²) >= 11 is 0. The molecule has 0 aliphatic carbocycles. The zero-order valence-electron chi connectivity index (χ0n) is 7.96. The summed E-state index contributed by atoms with van der Waals surface area (Å²) in [7, 11) is -0.972. The molecule has 0 saturated heterocycles. The molecule has 3 heteroatoms. The second kappa shape index (κ2) is 3.83. The molecule has 0 spiro atoms. The predicted molar refractivity (Wildman–Crippen MR) is 53.5 cm³/mol. The van der Waals surface area contributed by atoms with Crippen molar-refractivity contribution in [3.05, 3.63) is 29.3 Å². The van der Waals surface area contributed by atoms with E-state index in [-0.39, 0.29) is 5.78 Å². The van der Waals surface area contributed by atoms with Crippen molar-refractivity contribution in [1.82, 2.24) is 0 Å². The standard InChI is InChI=1S/C10H12O2S/c1-7-6-9(13(3)12)4-5-10(7)8(2)11/h4-6H,1-3H3. The van der Waals surface area contributed by atoms with Crippen LogP contribution in [0.25, 0.3) is 0 Å². The maximum Gasteiger partial charge on any atom is 0.160 e. The largest absolute Gasteiger partial charge is 0.295 e. The Balaban J connectivity index is 3.20. The molecule has 2 nitrogen and oxygen atoms in total. The van der Waals surface area contributed by atoms with Crippen molar-refractivity contribution in [2.75, 3.05) is 6.26 Å². The Kier molecular flexibility index (Phi) is 2.98. The van der Waals surface area contributed by atoms with Gasteiger partial charge in [0, 0.05) is 27.5 Å². The molecule has 0 aromatic heterocycles. The summed E-state index contributed by atoms with van der Waals surface area (Å²) in [6.45, 7) is 3.39. The molecule has 0 radical (unpaired) electrons. The number of rotatable bonds is 2. The minimum Gasteiger partial charge on any atom is -0.295 e. The van der Waals surface area contributed by atoms with Crippen LogP contribution in [-0.4, -0.2) is 16.2 Å². The Hall–Kier alpha value is -0.960. The van der Waals surface area contributed by atoms with Crippen LogP contribution in [0, 0.1) is 6.92 Å². The molecule has 0 aliphatic rings. The summed E-state index contributed by atoms with van der Waals surface area (Å²) in [5.74, 6) is 0.0472. The summed E-state index contributed by atoms with van der Waals surface area (Å²) in [6.07, 6.45) is 1.63. The molecule has 70 valence electrons. The maximum atomic E-state index is 11.1. The first-order chi connectivity index (χ1) is 6.02. The molecule has 1 aromatic rings. The second-order valence-corrected chi connectivity index (χ2v) is 4.37. The summed E-state index contributed by atoms with van der Waals surface area (Å²) in [5.41, 5.74) is 1.59. The first kappa shape index (κ1) is 10.1. The molecule has 0 saturated carbocycles. The van der Waals surface area contributed by atoms with E-state index < -0.39 is 10.8 Å². The van der Waals surface area contributed by atoms with E-state index in [1.54, 1.807) is 24.5 Å². The van der Waals surface area contributed by atoms with Gasteiger partial charge in [0.05, 0.1) is 0 Å². The lowest BCUT2D eigenvalue weighted by atomic mass is 10.1. The lowest BCUT2D eigenvalue weighted by Gasteiger charge is -2.03. The Bertz CT molecular complexity index is 369. The highest BCUT2D eigenvalue weighted by Crippen LogP contribution is 2.13. The molecule has 1 unspecified atom stereocenters. The minimum absolute atomic E-state index is 0.0472. The average molecular weight is 196 g/mol. The molecule has 0 bridgehead atoms. The summed E-state index contributed by atoms with van der Waals surface area (Å²) < 4.78 is 11.1. The van der Waals surface area contributed by atoms with Crippen LogP contribution in [0.1, 0.15) is 22.8 Å². The third-order valence-corrected chi connectivity index (χ3v) is 2.83.